The maximum Gasteiger partial charge on any atom is 0.228 e. The predicted molar refractivity (Wildman–Crippen MR) is 93.2 cm³/mol. The van der Waals surface area contributed by atoms with E-state index >= 15 is 0 Å². The lowest BCUT2D eigenvalue weighted by Gasteiger charge is -2.28. The standard InChI is InChI=1S/C19H23N3O3/c1-3-24-17-8-4-7-15(21-17)12-18(23)22(2)16-9-11-25-19(16)14-6-5-10-20-13-14/h4-8,10,13,16,19H,3,9,11-12H2,1-2H3/t16-,19+/m0/s1. The van der Waals surface area contributed by atoms with Gasteiger partial charge >= 0.3 is 0 Å². The van der Waals surface area contributed by atoms with Crippen LogP contribution in [0.2, 0.25) is 0 Å². The van der Waals surface area contributed by atoms with E-state index in [1.807, 2.05) is 38.2 Å². The van der Waals surface area contributed by atoms with Crippen LogP contribution in [0.1, 0.15) is 30.7 Å². The molecule has 132 valence electrons. The number of likely N-dealkylation sites (N-methyl/N-ethyl adjacent to an activating group) is 1. The number of carbonyl (C=O) groups excluding carboxylic acids is 1. The zero-order chi connectivity index (χ0) is 17.6. The molecule has 0 saturated carbocycles. The van der Waals surface area contributed by atoms with Crippen LogP contribution >= 0.6 is 0 Å². The molecule has 1 aliphatic heterocycles. The molecule has 2 aromatic heterocycles. The Balaban J connectivity index is 1.68. The Bertz CT molecular complexity index is 708. The van der Waals surface area contributed by atoms with Crippen molar-refractivity contribution in [2.24, 2.45) is 0 Å². The molecule has 0 unspecified atom stereocenters. The van der Waals surface area contributed by atoms with E-state index in [0.717, 1.165) is 12.0 Å². The fourth-order valence-corrected chi connectivity index (χ4v) is 3.09. The Hall–Kier alpha value is -2.47. The highest BCUT2D eigenvalue weighted by atomic mass is 16.5. The first kappa shape index (κ1) is 17.4. The number of pyridine rings is 2. The second-order valence-electron chi connectivity index (χ2n) is 6.02. The van der Waals surface area contributed by atoms with Crippen molar-refractivity contribution in [3.8, 4) is 5.88 Å². The Morgan fingerprint density at radius 2 is 2.24 bits per heavy atom. The van der Waals surface area contributed by atoms with Gasteiger partial charge in [0.25, 0.3) is 0 Å². The van der Waals surface area contributed by atoms with Crippen molar-refractivity contribution in [1.82, 2.24) is 14.9 Å². The van der Waals surface area contributed by atoms with Crippen molar-refractivity contribution in [3.63, 3.8) is 0 Å². The molecule has 1 aliphatic rings. The van der Waals surface area contributed by atoms with E-state index in [-0.39, 0.29) is 24.5 Å². The zero-order valence-electron chi connectivity index (χ0n) is 14.6. The highest BCUT2D eigenvalue weighted by Crippen LogP contribution is 2.32. The van der Waals surface area contributed by atoms with Crippen molar-refractivity contribution in [1.29, 1.82) is 0 Å². The van der Waals surface area contributed by atoms with Gasteiger partial charge in [0, 0.05) is 37.7 Å². The van der Waals surface area contributed by atoms with Crippen molar-refractivity contribution in [2.45, 2.75) is 31.9 Å². The summed E-state index contributed by atoms with van der Waals surface area (Å²) in [5, 5.41) is 0. The predicted octanol–water partition coefficient (Wildman–Crippen LogP) is 2.41. The lowest BCUT2D eigenvalue weighted by Crippen LogP contribution is -2.39. The largest absolute Gasteiger partial charge is 0.478 e. The van der Waals surface area contributed by atoms with Crippen molar-refractivity contribution >= 4 is 5.91 Å². The monoisotopic (exact) mass is 341 g/mol. The average Bonchev–Trinajstić information content (AvgIpc) is 3.12. The van der Waals surface area contributed by atoms with Gasteiger partial charge in [-0.15, -0.1) is 0 Å². The van der Waals surface area contributed by atoms with Crippen molar-refractivity contribution in [2.75, 3.05) is 20.3 Å². The minimum atomic E-state index is -0.134. The van der Waals surface area contributed by atoms with Crippen LogP contribution < -0.4 is 4.74 Å². The van der Waals surface area contributed by atoms with E-state index in [0.29, 0.717) is 24.8 Å². The van der Waals surface area contributed by atoms with E-state index in [2.05, 4.69) is 9.97 Å². The molecule has 3 rings (SSSR count). The molecule has 0 radical (unpaired) electrons. The lowest BCUT2D eigenvalue weighted by molar-refractivity contribution is -0.132. The van der Waals surface area contributed by atoms with Gasteiger partial charge in [0.05, 0.1) is 24.8 Å². The van der Waals surface area contributed by atoms with Gasteiger partial charge in [-0.05, 0) is 25.5 Å². The molecular formula is C19H23N3O3. The quantitative estimate of drug-likeness (QED) is 0.807. The number of amides is 1. The summed E-state index contributed by atoms with van der Waals surface area (Å²) in [7, 11) is 1.83. The molecule has 0 aromatic carbocycles. The molecule has 0 aliphatic carbocycles. The molecule has 6 heteroatoms. The third-order valence-corrected chi connectivity index (χ3v) is 4.37. The fraction of sp³-hybridized carbons (Fsp3) is 0.421. The van der Waals surface area contributed by atoms with Crippen LogP contribution in [0.3, 0.4) is 0 Å². The molecule has 1 fully saturated rings. The van der Waals surface area contributed by atoms with Crippen LogP contribution in [-0.2, 0) is 16.0 Å². The maximum atomic E-state index is 12.7. The summed E-state index contributed by atoms with van der Waals surface area (Å²) in [5.41, 5.74) is 1.71. The normalized spacial score (nSPS) is 19.6. The van der Waals surface area contributed by atoms with E-state index in [4.69, 9.17) is 9.47 Å². The molecular weight excluding hydrogens is 318 g/mol. The molecule has 0 bridgehead atoms. The highest BCUT2D eigenvalue weighted by Gasteiger charge is 2.34. The Morgan fingerprint density at radius 1 is 1.36 bits per heavy atom. The van der Waals surface area contributed by atoms with Crippen molar-refractivity contribution < 1.29 is 14.3 Å². The summed E-state index contributed by atoms with van der Waals surface area (Å²) in [6.45, 7) is 3.10. The van der Waals surface area contributed by atoms with Gasteiger partial charge in [0.1, 0.15) is 6.10 Å². The molecule has 3 heterocycles. The third kappa shape index (κ3) is 4.14. The highest BCUT2D eigenvalue weighted by molar-refractivity contribution is 5.78. The van der Waals surface area contributed by atoms with E-state index in [1.165, 1.54) is 0 Å². The zero-order valence-corrected chi connectivity index (χ0v) is 14.6. The van der Waals surface area contributed by atoms with Crippen LogP contribution in [0.4, 0.5) is 0 Å². The molecule has 1 saturated heterocycles. The molecule has 6 nitrogen and oxygen atoms in total. The number of ether oxygens (including phenoxy) is 2. The van der Waals surface area contributed by atoms with Crippen LogP contribution in [0.25, 0.3) is 0 Å². The van der Waals surface area contributed by atoms with E-state index < -0.39 is 0 Å². The second-order valence-corrected chi connectivity index (χ2v) is 6.02. The first-order chi connectivity index (χ1) is 12.2. The Kier molecular flexibility index (Phi) is 5.60. The Labute approximate surface area is 147 Å². The minimum Gasteiger partial charge on any atom is -0.478 e. The van der Waals surface area contributed by atoms with Crippen LogP contribution in [0, 0.1) is 0 Å². The van der Waals surface area contributed by atoms with Gasteiger partial charge in [-0.25, -0.2) is 4.98 Å². The van der Waals surface area contributed by atoms with Crippen molar-refractivity contribution in [3.05, 3.63) is 54.0 Å². The summed E-state index contributed by atoms with van der Waals surface area (Å²) in [4.78, 5) is 23.0. The number of hydrogen-bond acceptors (Lipinski definition) is 5. The number of nitrogens with zero attached hydrogens (tertiary/aromatic N) is 3. The van der Waals surface area contributed by atoms with Crippen LogP contribution in [-0.4, -0.2) is 47.1 Å². The third-order valence-electron chi connectivity index (χ3n) is 4.37. The second kappa shape index (κ2) is 8.07. The molecule has 2 atom stereocenters. The lowest BCUT2D eigenvalue weighted by atomic mass is 10.0. The number of rotatable bonds is 6. The van der Waals surface area contributed by atoms with E-state index in [1.54, 1.807) is 23.4 Å². The summed E-state index contributed by atoms with van der Waals surface area (Å²) in [6, 6.07) is 9.38. The van der Waals surface area contributed by atoms with Gasteiger partial charge in [-0.3, -0.25) is 9.78 Å². The molecule has 0 N–H and O–H groups in total. The number of aromatic nitrogens is 2. The fourth-order valence-electron chi connectivity index (χ4n) is 3.09. The molecule has 25 heavy (non-hydrogen) atoms. The molecule has 0 spiro atoms. The summed E-state index contributed by atoms with van der Waals surface area (Å²) in [6.07, 6.45) is 4.46. The van der Waals surface area contributed by atoms with Gasteiger partial charge in [-0.1, -0.05) is 12.1 Å². The first-order valence-electron chi connectivity index (χ1n) is 8.55. The summed E-state index contributed by atoms with van der Waals surface area (Å²) in [5.74, 6) is 0.568. The summed E-state index contributed by atoms with van der Waals surface area (Å²) < 4.78 is 11.3. The molecule has 2 aromatic rings. The average molecular weight is 341 g/mol. The minimum absolute atomic E-state index is 0.00627. The van der Waals surface area contributed by atoms with Gasteiger partial charge in [0.15, 0.2) is 0 Å². The van der Waals surface area contributed by atoms with E-state index in [9.17, 15) is 4.79 Å². The maximum absolute atomic E-state index is 12.7. The smallest absolute Gasteiger partial charge is 0.228 e. The molecule has 1 amide bonds. The van der Waals surface area contributed by atoms with Crippen LogP contribution in [0.15, 0.2) is 42.7 Å². The summed E-state index contributed by atoms with van der Waals surface area (Å²) >= 11 is 0. The number of hydrogen-bond donors (Lipinski definition) is 0. The van der Waals surface area contributed by atoms with Crippen LogP contribution in [0.5, 0.6) is 5.88 Å². The van der Waals surface area contributed by atoms with Gasteiger partial charge in [-0.2, -0.15) is 0 Å². The first-order valence-corrected chi connectivity index (χ1v) is 8.55. The van der Waals surface area contributed by atoms with Gasteiger partial charge in [0.2, 0.25) is 11.8 Å². The Morgan fingerprint density at radius 3 is 3.00 bits per heavy atom. The van der Waals surface area contributed by atoms with Gasteiger partial charge < -0.3 is 14.4 Å². The topological polar surface area (TPSA) is 64.5 Å². The number of carbonyl (C=O) groups is 1. The SMILES string of the molecule is CCOc1cccc(CC(=O)N(C)[C@H]2CCO[C@@H]2c2cccnc2)n1.